The van der Waals surface area contributed by atoms with Crippen LogP contribution in [-0.4, -0.2) is 20.4 Å². The van der Waals surface area contributed by atoms with E-state index >= 15 is 0 Å². The minimum absolute atomic E-state index is 0.439. The fraction of sp³-hybridized carbons (Fsp3) is 0.286. The largest absolute Gasteiger partial charge is 0.324 e. The van der Waals surface area contributed by atoms with E-state index in [-0.39, 0.29) is 0 Å². The number of aromatic amines is 1. The minimum atomic E-state index is 0.439. The summed E-state index contributed by atoms with van der Waals surface area (Å²) in [6.07, 6.45) is 1.75. The van der Waals surface area contributed by atoms with Crippen molar-refractivity contribution in [3.8, 4) is 10.6 Å². The zero-order chi connectivity index (χ0) is 9.26. The Balaban J connectivity index is 2.41. The van der Waals surface area contributed by atoms with Gasteiger partial charge in [0.15, 0.2) is 5.01 Å². The Labute approximate surface area is 79.0 Å². The third kappa shape index (κ3) is 1.45. The summed E-state index contributed by atoms with van der Waals surface area (Å²) in [6.45, 7) is 2.39. The van der Waals surface area contributed by atoms with Gasteiger partial charge in [0.2, 0.25) is 0 Å². The summed E-state index contributed by atoms with van der Waals surface area (Å²) in [4.78, 5) is 0. The maximum Gasteiger partial charge on any atom is 0.151 e. The van der Waals surface area contributed by atoms with E-state index in [0.717, 1.165) is 21.3 Å². The van der Waals surface area contributed by atoms with Gasteiger partial charge in [-0.25, -0.2) is 0 Å². The van der Waals surface area contributed by atoms with E-state index in [1.807, 2.05) is 6.92 Å². The predicted octanol–water partition coefficient (Wildman–Crippen LogP) is 0.695. The first kappa shape index (κ1) is 8.33. The third-order valence-corrected chi connectivity index (χ3v) is 2.68. The second-order valence-electron chi connectivity index (χ2n) is 2.61. The molecule has 2 aromatic heterocycles. The van der Waals surface area contributed by atoms with Crippen LogP contribution in [0.1, 0.15) is 10.7 Å². The van der Waals surface area contributed by atoms with E-state index in [4.69, 9.17) is 5.73 Å². The van der Waals surface area contributed by atoms with Gasteiger partial charge in [-0.15, -0.1) is 10.2 Å². The van der Waals surface area contributed by atoms with E-state index in [2.05, 4.69) is 20.4 Å². The maximum atomic E-state index is 5.44. The molecule has 0 amide bonds. The average Bonchev–Trinajstić information content (AvgIpc) is 2.71. The van der Waals surface area contributed by atoms with Crippen LogP contribution in [0, 0.1) is 6.92 Å². The van der Waals surface area contributed by atoms with Gasteiger partial charge in [0.05, 0.1) is 11.8 Å². The quantitative estimate of drug-likeness (QED) is 0.739. The van der Waals surface area contributed by atoms with Crippen LogP contribution < -0.4 is 5.73 Å². The average molecular weight is 195 g/mol. The van der Waals surface area contributed by atoms with Crippen molar-refractivity contribution in [1.82, 2.24) is 20.4 Å². The summed E-state index contributed by atoms with van der Waals surface area (Å²) in [5, 5.41) is 16.4. The summed E-state index contributed by atoms with van der Waals surface area (Å²) in [7, 11) is 0. The molecular weight excluding hydrogens is 186 g/mol. The maximum absolute atomic E-state index is 5.44. The van der Waals surface area contributed by atoms with Crippen LogP contribution in [0.5, 0.6) is 0 Å². The van der Waals surface area contributed by atoms with E-state index < -0.39 is 0 Å². The zero-order valence-corrected chi connectivity index (χ0v) is 7.93. The molecule has 0 fully saturated rings. The van der Waals surface area contributed by atoms with Crippen molar-refractivity contribution in [3.63, 3.8) is 0 Å². The van der Waals surface area contributed by atoms with Crippen LogP contribution in [0.3, 0.4) is 0 Å². The van der Waals surface area contributed by atoms with Crippen LogP contribution in [-0.2, 0) is 6.54 Å². The summed E-state index contributed by atoms with van der Waals surface area (Å²) < 4.78 is 0. The lowest BCUT2D eigenvalue weighted by Gasteiger charge is -1.88. The van der Waals surface area contributed by atoms with Gasteiger partial charge in [0.25, 0.3) is 0 Å². The van der Waals surface area contributed by atoms with Crippen molar-refractivity contribution < 1.29 is 0 Å². The van der Waals surface area contributed by atoms with Crippen molar-refractivity contribution in [1.29, 1.82) is 0 Å². The zero-order valence-electron chi connectivity index (χ0n) is 7.11. The Kier molecular flexibility index (Phi) is 2.07. The molecule has 0 aliphatic carbocycles. The Bertz CT molecular complexity index is 404. The third-order valence-electron chi connectivity index (χ3n) is 1.70. The van der Waals surface area contributed by atoms with Gasteiger partial charge in [-0.2, -0.15) is 5.10 Å². The molecule has 0 atom stereocenters. The fourth-order valence-corrected chi connectivity index (χ4v) is 1.80. The number of H-pyrrole nitrogens is 1. The Morgan fingerprint density at radius 2 is 2.38 bits per heavy atom. The van der Waals surface area contributed by atoms with Crippen LogP contribution in [0.2, 0.25) is 0 Å². The van der Waals surface area contributed by atoms with Crippen LogP contribution >= 0.6 is 11.3 Å². The number of hydrogen-bond acceptors (Lipinski definition) is 5. The monoisotopic (exact) mass is 195 g/mol. The van der Waals surface area contributed by atoms with E-state index in [9.17, 15) is 0 Å². The van der Waals surface area contributed by atoms with Gasteiger partial charge in [-0.1, -0.05) is 11.3 Å². The van der Waals surface area contributed by atoms with Crippen molar-refractivity contribution in [2.75, 3.05) is 0 Å². The van der Waals surface area contributed by atoms with Gasteiger partial charge in [0, 0.05) is 12.2 Å². The van der Waals surface area contributed by atoms with Crippen LogP contribution in [0.15, 0.2) is 6.20 Å². The van der Waals surface area contributed by atoms with Crippen molar-refractivity contribution >= 4 is 11.3 Å². The van der Waals surface area contributed by atoms with Gasteiger partial charge < -0.3 is 5.73 Å². The van der Waals surface area contributed by atoms with Gasteiger partial charge in [0.1, 0.15) is 5.01 Å². The molecule has 0 radical (unpaired) electrons. The number of aryl methyl sites for hydroxylation is 1. The SMILES string of the molecule is Cc1[nH]ncc1-c1nnc(CN)s1. The first-order valence-corrected chi connectivity index (χ1v) is 4.65. The van der Waals surface area contributed by atoms with Gasteiger partial charge in [-0.3, -0.25) is 5.10 Å². The highest BCUT2D eigenvalue weighted by Gasteiger charge is 2.09. The van der Waals surface area contributed by atoms with Crippen LogP contribution in [0.4, 0.5) is 0 Å². The van der Waals surface area contributed by atoms with Crippen molar-refractivity contribution in [2.24, 2.45) is 5.73 Å². The van der Waals surface area contributed by atoms with Crippen molar-refractivity contribution in [2.45, 2.75) is 13.5 Å². The highest BCUT2D eigenvalue weighted by Crippen LogP contribution is 2.24. The Morgan fingerprint density at radius 3 is 2.92 bits per heavy atom. The first-order valence-electron chi connectivity index (χ1n) is 3.84. The molecule has 0 unspecified atom stereocenters. The number of aromatic nitrogens is 4. The number of hydrogen-bond donors (Lipinski definition) is 2. The molecule has 2 heterocycles. The summed E-state index contributed by atoms with van der Waals surface area (Å²) in [6, 6.07) is 0. The van der Waals surface area contributed by atoms with Gasteiger partial charge in [-0.05, 0) is 6.92 Å². The molecule has 2 rings (SSSR count). The topological polar surface area (TPSA) is 80.5 Å². The number of nitrogens with zero attached hydrogens (tertiary/aromatic N) is 3. The molecule has 68 valence electrons. The molecule has 0 saturated carbocycles. The molecular formula is C7H9N5S. The molecule has 2 aromatic rings. The smallest absolute Gasteiger partial charge is 0.151 e. The predicted molar refractivity (Wildman–Crippen MR) is 50.1 cm³/mol. The molecule has 13 heavy (non-hydrogen) atoms. The molecule has 0 spiro atoms. The second-order valence-corrected chi connectivity index (χ2v) is 3.68. The lowest BCUT2D eigenvalue weighted by molar-refractivity contribution is 0.960. The molecule has 0 bridgehead atoms. The van der Waals surface area contributed by atoms with E-state index in [1.54, 1.807) is 6.20 Å². The summed E-state index contributed by atoms with van der Waals surface area (Å²) in [5.74, 6) is 0. The highest BCUT2D eigenvalue weighted by molar-refractivity contribution is 7.14. The first-order chi connectivity index (χ1) is 6.31. The van der Waals surface area contributed by atoms with Gasteiger partial charge >= 0.3 is 0 Å². The van der Waals surface area contributed by atoms with Crippen LogP contribution in [0.25, 0.3) is 10.6 Å². The second kappa shape index (κ2) is 3.23. The fourth-order valence-electron chi connectivity index (χ4n) is 1.01. The number of nitrogens with one attached hydrogen (secondary N) is 1. The lowest BCUT2D eigenvalue weighted by Crippen LogP contribution is -1.94. The highest BCUT2D eigenvalue weighted by atomic mass is 32.1. The summed E-state index contributed by atoms with van der Waals surface area (Å²) >= 11 is 1.50. The molecule has 5 nitrogen and oxygen atoms in total. The summed E-state index contributed by atoms with van der Waals surface area (Å²) in [5.41, 5.74) is 7.44. The lowest BCUT2D eigenvalue weighted by atomic mass is 10.3. The number of nitrogens with two attached hydrogens (primary N) is 1. The molecule has 0 aliphatic rings. The Hall–Kier alpha value is -1.27. The molecule has 0 aromatic carbocycles. The number of rotatable bonds is 2. The normalized spacial score (nSPS) is 10.6. The standard InChI is InChI=1S/C7H9N5S/c1-4-5(3-9-10-4)7-12-11-6(2-8)13-7/h3H,2,8H2,1H3,(H,9,10). The van der Waals surface area contributed by atoms with E-state index in [1.165, 1.54) is 11.3 Å². The van der Waals surface area contributed by atoms with E-state index in [0.29, 0.717) is 6.54 Å². The molecule has 0 saturated heterocycles. The Morgan fingerprint density at radius 1 is 1.54 bits per heavy atom. The van der Waals surface area contributed by atoms with Crippen molar-refractivity contribution in [3.05, 3.63) is 16.9 Å². The molecule has 6 heteroatoms. The molecule has 0 aliphatic heterocycles. The minimum Gasteiger partial charge on any atom is -0.324 e. The molecule has 3 N–H and O–H groups in total.